The Bertz CT molecular complexity index is 788. The molecule has 2 aromatic rings. The Hall–Kier alpha value is -3.02. The smallest absolute Gasteiger partial charge is 0.341 e. The number of hydrogen-bond acceptors (Lipinski definition) is 4. The number of amides is 1. The molecule has 2 rings (SSSR count). The molecule has 2 aromatic carbocycles. The van der Waals surface area contributed by atoms with Crippen LogP contribution in [0.2, 0.25) is 0 Å². The number of rotatable bonds is 8. The van der Waals surface area contributed by atoms with E-state index in [0.29, 0.717) is 23.6 Å². The number of aliphatic carboxylic acids is 1. The van der Waals surface area contributed by atoms with Gasteiger partial charge < -0.3 is 19.9 Å². The quantitative estimate of drug-likeness (QED) is 0.754. The van der Waals surface area contributed by atoms with Gasteiger partial charge in [-0.2, -0.15) is 0 Å². The largest absolute Gasteiger partial charge is 0.482 e. The summed E-state index contributed by atoms with van der Waals surface area (Å²) in [6.07, 6.45) is -0.0858. The zero-order valence-corrected chi connectivity index (χ0v) is 15.1. The number of hydrogen-bond donors (Lipinski definition) is 2. The molecule has 0 bridgehead atoms. The molecule has 0 saturated heterocycles. The predicted molar refractivity (Wildman–Crippen MR) is 98.8 cm³/mol. The van der Waals surface area contributed by atoms with Crippen LogP contribution in [0.4, 0.5) is 5.69 Å². The number of ether oxygens (including phenoxy) is 2. The van der Waals surface area contributed by atoms with Crippen LogP contribution in [0.15, 0.2) is 42.5 Å². The van der Waals surface area contributed by atoms with Crippen molar-refractivity contribution in [3.05, 3.63) is 53.6 Å². The lowest BCUT2D eigenvalue weighted by Crippen LogP contribution is -2.32. The average molecular weight is 357 g/mol. The minimum absolute atomic E-state index is 0.238. The Kier molecular flexibility index (Phi) is 6.60. The fourth-order valence-electron chi connectivity index (χ4n) is 2.39. The third kappa shape index (κ3) is 5.24. The summed E-state index contributed by atoms with van der Waals surface area (Å²) in [5.74, 6) is -0.160. The van der Waals surface area contributed by atoms with E-state index in [0.717, 1.165) is 11.1 Å². The number of nitrogens with one attached hydrogen (secondary N) is 1. The molecule has 2 N–H and O–H groups in total. The van der Waals surface area contributed by atoms with E-state index in [-0.39, 0.29) is 5.91 Å². The van der Waals surface area contributed by atoms with E-state index < -0.39 is 18.7 Å². The summed E-state index contributed by atoms with van der Waals surface area (Å²) < 4.78 is 11.0. The van der Waals surface area contributed by atoms with Crippen LogP contribution in [0.1, 0.15) is 24.5 Å². The molecule has 6 heteroatoms. The summed E-state index contributed by atoms with van der Waals surface area (Å²) in [5.41, 5.74) is 2.37. The lowest BCUT2D eigenvalue weighted by molar-refractivity contribution is -0.139. The normalized spacial score (nSPS) is 11.5. The number of aryl methyl sites for hydroxylation is 2. The van der Waals surface area contributed by atoms with Gasteiger partial charge in [-0.05, 0) is 55.7 Å². The Balaban J connectivity index is 2.05. The highest BCUT2D eigenvalue weighted by Gasteiger charge is 2.20. The second-order valence-corrected chi connectivity index (χ2v) is 5.93. The van der Waals surface area contributed by atoms with Gasteiger partial charge in [-0.1, -0.05) is 25.1 Å². The zero-order valence-electron chi connectivity index (χ0n) is 15.1. The molecule has 0 aliphatic carbocycles. The van der Waals surface area contributed by atoms with Gasteiger partial charge in [0, 0.05) is 5.69 Å². The Morgan fingerprint density at radius 1 is 1.12 bits per heavy atom. The molecule has 0 spiro atoms. The number of carboxylic acids is 1. The van der Waals surface area contributed by atoms with Gasteiger partial charge >= 0.3 is 5.97 Å². The molecule has 1 amide bonds. The van der Waals surface area contributed by atoms with E-state index in [4.69, 9.17) is 14.6 Å². The summed E-state index contributed by atoms with van der Waals surface area (Å²) in [6.45, 7) is 5.22. The summed E-state index contributed by atoms with van der Waals surface area (Å²) in [5, 5.41) is 11.5. The van der Waals surface area contributed by atoms with Crippen molar-refractivity contribution in [2.45, 2.75) is 33.3 Å². The number of anilines is 1. The molecule has 0 heterocycles. The Morgan fingerprint density at radius 3 is 2.46 bits per heavy atom. The highest BCUT2D eigenvalue weighted by atomic mass is 16.5. The number of carboxylic acid groups (broad SMARTS) is 1. The first kappa shape index (κ1) is 19.3. The maximum absolute atomic E-state index is 12.6. The van der Waals surface area contributed by atoms with Crippen molar-refractivity contribution in [2.75, 3.05) is 11.9 Å². The highest BCUT2D eigenvalue weighted by Crippen LogP contribution is 2.23. The summed E-state index contributed by atoms with van der Waals surface area (Å²) in [7, 11) is 0. The highest BCUT2D eigenvalue weighted by molar-refractivity contribution is 5.95. The Morgan fingerprint density at radius 2 is 1.85 bits per heavy atom. The van der Waals surface area contributed by atoms with Crippen LogP contribution in [0.25, 0.3) is 0 Å². The number of carbonyl (C=O) groups is 2. The maximum Gasteiger partial charge on any atom is 0.341 e. The van der Waals surface area contributed by atoms with Crippen LogP contribution in [0.3, 0.4) is 0 Å². The number of carbonyl (C=O) groups excluding carboxylic acids is 1. The second kappa shape index (κ2) is 8.89. The lowest BCUT2D eigenvalue weighted by atomic mass is 10.1. The van der Waals surface area contributed by atoms with Crippen LogP contribution in [0.5, 0.6) is 11.5 Å². The van der Waals surface area contributed by atoms with Crippen molar-refractivity contribution in [1.82, 2.24) is 0 Å². The van der Waals surface area contributed by atoms with Gasteiger partial charge in [0.05, 0.1) is 0 Å². The van der Waals surface area contributed by atoms with E-state index >= 15 is 0 Å². The SMILES string of the molecule is CCC(Oc1ccccc1C)C(=O)Nc1ccc(OCC(=O)O)cc1C. The fourth-order valence-corrected chi connectivity index (χ4v) is 2.39. The molecule has 0 aliphatic heterocycles. The van der Waals surface area contributed by atoms with Crippen molar-refractivity contribution in [1.29, 1.82) is 0 Å². The third-order valence-corrected chi connectivity index (χ3v) is 3.84. The molecule has 0 aliphatic rings. The van der Waals surface area contributed by atoms with Crippen LogP contribution in [-0.4, -0.2) is 29.7 Å². The van der Waals surface area contributed by atoms with E-state index in [2.05, 4.69) is 5.32 Å². The van der Waals surface area contributed by atoms with E-state index in [9.17, 15) is 9.59 Å². The van der Waals surface area contributed by atoms with Crippen molar-refractivity contribution < 1.29 is 24.2 Å². The van der Waals surface area contributed by atoms with Crippen molar-refractivity contribution in [3.8, 4) is 11.5 Å². The van der Waals surface area contributed by atoms with Gasteiger partial charge in [0.2, 0.25) is 0 Å². The average Bonchev–Trinajstić information content (AvgIpc) is 2.61. The monoisotopic (exact) mass is 357 g/mol. The molecular formula is C20H23NO5. The third-order valence-electron chi connectivity index (χ3n) is 3.84. The minimum Gasteiger partial charge on any atom is -0.482 e. The molecule has 0 aromatic heterocycles. The first-order chi connectivity index (χ1) is 12.4. The Labute approximate surface area is 152 Å². The number of benzene rings is 2. The van der Waals surface area contributed by atoms with Gasteiger partial charge in [0.1, 0.15) is 11.5 Å². The molecule has 0 radical (unpaired) electrons. The minimum atomic E-state index is -1.04. The maximum atomic E-state index is 12.6. The van der Waals surface area contributed by atoms with Crippen molar-refractivity contribution in [2.24, 2.45) is 0 Å². The molecule has 138 valence electrons. The van der Waals surface area contributed by atoms with Crippen LogP contribution < -0.4 is 14.8 Å². The van der Waals surface area contributed by atoms with E-state index in [1.165, 1.54) is 0 Å². The second-order valence-electron chi connectivity index (χ2n) is 5.93. The summed E-state index contributed by atoms with van der Waals surface area (Å²) in [6, 6.07) is 12.5. The topological polar surface area (TPSA) is 84.9 Å². The zero-order chi connectivity index (χ0) is 19.1. The van der Waals surface area contributed by atoms with Gasteiger partial charge in [-0.15, -0.1) is 0 Å². The van der Waals surface area contributed by atoms with Gasteiger partial charge in [0.25, 0.3) is 5.91 Å². The van der Waals surface area contributed by atoms with E-state index in [1.807, 2.05) is 45.0 Å². The summed E-state index contributed by atoms with van der Waals surface area (Å²) >= 11 is 0. The van der Waals surface area contributed by atoms with Crippen LogP contribution in [0, 0.1) is 13.8 Å². The molecule has 1 atom stereocenters. The van der Waals surface area contributed by atoms with Crippen molar-refractivity contribution >= 4 is 17.6 Å². The van der Waals surface area contributed by atoms with Crippen LogP contribution >= 0.6 is 0 Å². The molecule has 0 saturated carbocycles. The van der Waals surface area contributed by atoms with Gasteiger partial charge in [-0.3, -0.25) is 4.79 Å². The fraction of sp³-hybridized carbons (Fsp3) is 0.300. The predicted octanol–water partition coefficient (Wildman–Crippen LogP) is 3.56. The van der Waals surface area contributed by atoms with Crippen LogP contribution in [-0.2, 0) is 9.59 Å². The van der Waals surface area contributed by atoms with Gasteiger partial charge in [-0.25, -0.2) is 4.79 Å². The van der Waals surface area contributed by atoms with E-state index in [1.54, 1.807) is 18.2 Å². The molecule has 26 heavy (non-hydrogen) atoms. The molecule has 6 nitrogen and oxygen atoms in total. The summed E-state index contributed by atoms with van der Waals surface area (Å²) in [4.78, 5) is 23.1. The molecule has 1 unspecified atom stereocenters. The number of para-hydroxylation sites is 1. The first-order valence-corrected chi connectivity index (χ1v) is 8.39. The standard InChI is InChI=1S/C20H23NO5/c1-4-17(26-18-8-6-5-7-13(18)2)20(24)21-16-10-9-15(11-14(16)3)25-12-19(22)23/h5-11,17H,4,12H2,1-3H3,(H,21,24)(H,22,23). The first-order valence-electron chi connectivity index (χ1n) is 8.39. The molecular weight excluding hydrogens is 334 g/mol. The lowest BCUT2D eigenvalue weighted by Gasteiger charge is -2.19. The van der Waals surface area contributed by atoms with Gasteiger partial charge in [0.15, 0.2) is 12.7 Å². The molecule has 0 fully saturated rings. The van der Waals surface area contributed by atoms with Crippen molar-refractivity contribution in [3.63, 3.8) is 0 Å².